The number of likely N-dealkylation sites (tertiary alicyclic amines) is 2. The Morgan fingerprint density at radius 3 is 2.24 bits per heavy atom. The van der Waals surface area contributed by atoms with E-state index in [1.807, 2.05) is 57.2 Å². The lowest BCUT2D eigenvalue weighted by atomic mass is 9.85. The maximum Gasteiger partial charge on any atom is 0.412 e. The minimum atomic E-state index is -0.993. The van der Waals surface area contributed by atoms with E-state index in [9.17, 15) is 24.0 Å². The third kappa shape index (κ3) is 7.94. The number of hydrogen-bond donors (Lipinski definition) is 3. The Balaban J connectivity index is 1.47. The number of likely N-dealkylation sites (N-methyl/N-ethyl adjacent to an activating group) is 1. The molecule has 2 aliphatic heterocycles. The largest absolute Gasteiger partial charge is 0.445 e. The van der Waals surface area contributed by atoms with Gasteiger partial charge >= 0.3 is 12.2 Å². The fraction of sp³-hybridized carbons (Fsp3) is 0.485. The van der Waals surface area contributed by atoms with Gasteiger partial charge < -0.3 is 30.3 Å². The fourth-order valence-corrected chi connectivity index (χ4v) is 5.83. The zero-order chi connectivity index (χ0) is 33.6. The van der Waals surface area contributed by atoms with Gasteiger partial charge in [0.1, 0.15) is 24.8 Å². The van der Waals surface area contributed by atoms with E-state index in [0.29, 0.717) is 12.1 Å². The number of amides is 5. The van der Waals surface area contributed by atoms with Crippen LogP contribution >= 0.6 is 0 Å². The summed E-state index contributed by atoms with van der Waals surface area (Å²) in [6.45, 7) is 7.22. The van der Waals surface area contributed by atoms with Gasteiger partial charge in [-0.05, 0) is 36.5 Å². The third-order valence-electron chi connectivity index (χ3n) is 8.49. The number of ether oxygens (including phenoxy) is 2. The molecule has 2 saturated heterocycles. The first-order valence-electron chi connectivity index (χ1n) is 15.4. The van der Waals surface area contributed by atoms with Crippen LogP contribution in [-0.4, -0.2) is 102 Å². The topological polar surface area (TPSA) is 164 Å². The zero-order valence-electron chi connectivity index (χ0n) is 27.0. The van der Waals surface area contributed by atoms with Crippen LogP contribution in [0, 0.1) is 5.41 Å². The maximum atomic E-state index is 14.2. The van der Waals surface area contributed by atoms with Crippen LogP contribution in [0.5, 0.6) is 0 Å². The molecular weight excluding hydrogens is 592 g/mol. The molecule has 46 heavy (non-hydrogen) atoms. The standard InChI is InChI=1S/C33H44N6O7/c1-21(37(5)32(44)45-20-22-12-8-6-9-13-22)29(41)36-28(33(2,3)4)30(42)38-17-16-24-27(38)25(19-39(24)26(40)18-34)46-31(43)35-23-14-10-7-11-15-23/h6-15,21,24-25,27-28H,16-20,34H2,1-5H3,(H,35,43)(H,36,41)/t21-,24+,25-,27-,28?/m0/s1. The number of para-hydroxylation sites is 1. The van der Waals surface area contributed by atoms with Crippen LogP contribution in [0.4, 0.5) is 15.3 Å². The summed E-state index contributed by atoms with van der Waals surface area (Å²) in [7, 11) is 1.46. The first-order valence-corrected chi connectivity index (χ1v) is 15.4. The summed E-state index contributed by atoms with van der Waals surface area (Å²) >= 11 is 0. The molecule has 0 radical (unpaired) electrons. The summed E-state index contributed by atoms with van der Waals surface area (Å²) in [6, 6.07) is 15.0. The summed E-state index contributed by atoms with van der Waals surface area (Å²) in [5.41, 5.74) is 6.30. The Kier molecular flexibility index (Phi) is 10.9. The van der Waals surface area contributed by atoms with Crippen molar-refractivity contribution in [3.05, 3.63) is 66.2 Å². The second kappa shape index (κ2) is 14.6. The molecule has 1 unspecified atom stereocenters. The van der Waals surface area contributed by atoms with Gasteiger partial charge in [0.25, 0.3) is 0 Å². The van der Waals surface area contributed by atoms with E-state index >= 15 is 0 Å². The fourth-order valence-electron chi connectivity index (χ4n) is 5.83. The second-order valence-corrected chi connectivity index (χ2v) is 12.7. The molecule has 5 amide bonds. The van der Waals surface area contributed by atoms with E-state index in [1.54, 1.807) is 41.0 Å². The molecule has 5 atom stereocenters. The summed E-state index contributed by atoms with van der Waals surface area (Å²) in [5.74, 6) is -1.23. The summed E-state index contributed by atoms with van der Waals surface area (Å²) in [5, 5.41) is 5.54. The number of hydrogen-bond acceptors (Lipinski definition) is 8. The highest BCUT2D eigenvalue weighted by molar-refractivity contribution is 5.92. The van der Waals surface area contributed by atoms with Crippen LogP contribution in [-0.2, 0) is 30.5 Å². The normalized spacial score (nSPS) is 20.3. The molecule has 2 aromatic rings. The number of benzene rings is 2. The van der Waals surface area contributed by atoms with Gasteiger partial charge in [-0.25, -0.2) is 9.59 Å². The lowest BCUT2D eigenvalue weighted by Crippen LogP contribution is -2.60. The van der Waals surface area contributed by atoms with Crippen LogP contribution in [0.3, 0.4) is 0 Å². The Morgan fingerprint density at radius 1 is 1.00 bits per heavy atom. The van der Waals surface area contributed by atoms with Crippen molar-refractivity contribution in [3.8, 4) is 0 Å². The van der Waals surface area contributed by atoms with Gasteiger partial charge in [0.15, 0.2) is 0 Å². The Bertz CT molecular complexity index is 1400. The monoisotopic (exact) mass is 636 g/mol. The number of nitrogens with zero attached hydrogens (tertiary/aromatic N) is 3. The molecule has 2 heterocycles. The van der Waals surface area contributed by atoms with E-state index in [0.717, 1.165) is 5.56 Å². The molecule has 4 rings (SSSR count). The van der Waals surface area contributed by atoms with E-state index < -0.39 is 53.8 Å². The molecular formula is C33H44N6O7. The molecule has 0 saturated carbocycles. The maximum absolute atomic E-state index is 14.2. The molecule has 4 N–H and O–H groups in total. The van der Waals surface area contributed by atoms with Crippen molar-refractivity contribution in [2.45, 2.75) is 71.0 Å². The first kappa shape index (κ1) is 34.2. The first-order chi connectivity index (χ1) is 21.8. The van der Waals surface area contributed by atoms with Crippen LogP contribution in [0.2, 0.25) is 0 Å². The molecule has 0 spiro atoms. The van der Waals surface area contributed by atoms with E-state index in [2.05, 4.69) is 10.6 Å². The van der Waals surface area contributed by atoms with Crippen molar-refractivity contribution in [2.24, 2.45) is 11.1 Å². The Hall–Kier alpha value is -4.65. The van der Waals surface area contributed by atoms with Gasteiger partial charge in [-0.2, -0.15) is 0 Å². The predicted octanol–water partition coefficient (Wildman–Crippen LogP) is 2.56. The number of carbonyl (C=O) groups is 5. The molecule has 0 aliphatic carbocycles. The highest BCUT2D eigenvalue weighted by atomic mass is 16.6. The van der Waals surface area contributed by atoms with Crippen LogP contribution in [0.25, 0.3) is 0 Å². The van der Waals surface area contributed by atoms with Gasteiger partial charge in [-0.15, -0.1) is 0 Å². The minimum absolute atomic E-state index is 0.0508. The molecule has 2 fully saturated rings. The molecule has 0 bridgehead atoms. The van der Waals surface area contributed by atoms with Crippen molar-refractivity contribution in [1.29, 1.82) is 0 Å². The lowest BCUT2D eigenvalue weighted by molar-refractivity contribution is -0.142. The van der Waals surface area contributed by atoms with Crippen LogP contribution < -0.4 is 16.4 Å². The SMILES string of the molecule is C[C@@H](C(=O)NC(C(=O)N1CC[C@@H]2[C@H]1[C@@H](OC(=O)Nc1ccccc1)CN2C(=O)CN)C(C)(C)C)N(C)C(=O)OCc1ccccc1. The van der Waals surface area contributed by atoms with E-state index in [-0.39, 0.29) is 38.1 Å². The van der Waals surface area contributed by atoms with Gasteiger partial charge in [-0.1, -0.05) is 69.3 Å². The molecule has 13 heteroatoms. The average molecular weight is 637 g/mol. The number of fused-ring (bicyclic) bond motifs is 1. The van der Waals surface area contributed by atoms with Crippen molar-refractivity contribution in [1.82, 2.24) is 20.0 Å². The molecule has 2 aliphatic rings. The summed E-state index contributed by atoms with van der Waals surface area (Å²) in [4.78, 5) is 70.4. The molecule has 0 aromatic heterocycles. The van der Waals surface area contributed by atoms with Crippen molar-refractivity contribution < 1.29 is 33.4 Å². The number of nitrogens with two attached hydrogens (primary N) is 1. The lowest BCUT2D eigenvalue weighted by Gasteiger charge is -2.37. The quantitative estimate of drug-likeness (QED) is 0.378. The molecule has 13 nitrogen and oxygen atoms in total. The van der Waals surface area contributed by atoms with Crippen LogP contribution in [0.15, 0.2) is 60.7 Å². The smallest absolute Gasteiger partial charge is 0.412 e. The van der Waals surface area contributed by atoms with Gasteiger partial charge in [0, 0.05) is 19.3 Å². The summed E-state index contributed by atoms with van der Waals surface area (Å²) in [6.07, 6.45) is -1.76. The van der Waals surface area contributed by atoms with Crippen LogP contribution in [0.1, 0.15) is 39.7 Å². The number of carbonyl (C=O) groups excluding carboxylic acids is 5. The Morgan fingerprint density at radius 2 is 1.63 bits per heavy atom. The van der Waals surface area contributed by atoms with Crippen molar-refractivity contribution >= 4 is 35.6 Å². The van der Waals surface area contributed by atoms with Crippen molar-refractivity contribution in [3.63, 3.8) is 0 Å². The minimum Gasteiger partial charge on any atom is -0.445 e. The highest BCUT2D eigenvalue weighted by Gasteiger charge is 2.55. The van der Waals surface area contributed by atoms with Gasteiger partial charge in [-0.3, -0.25) is 24.6 Å². The van der Waals surface area contributed by atoms with E-state index in [4.69, 9.17) is 15.2 Å². The zero-order valence-corrected chi connectivity index (χ0v) is 27.0. The van der Waals surface area contributed by atoms with Gasteiger partial charge in [0.05, 0.1) is 25.2 Å². The average Bonchev–Trinajstić information content (AvgIpc) is 3.62. The van der Waals surface area contributed by atoms with Gasteiger partial charge in [0.2, 0.25) is 17.7 Å². The van der Waals surface area contributed by atoms with E-state index in [1.165, 1.54) is 11.9 Å². The number of nitrogens with one attached hydrogen (secondary N) is 2. The predicted molar refractivity (Wildman–Crippen MR) is 170 cm³/mol. The molecule has 2 aromatic carbocycles. The third-order valence-corrected chi connectivity index (χ3v) is 8.49. The number of rotatable bonds is 9. The second-order valence-electron chi connectivity index (χ2n) is 12.7. The van der Waals surface area contributed by atoms with Crippen molar-refractivity contribution in [2.75, 3.05) is 32.0 Å². The molecule has 248 valence electrons. The summed E-state index contributed by atoms with van der Waals surface area (Å²) < 4.78 is 11.2. The Labute approximate surface area is 269 Å². The highest BCUT2D eigenvalue weighted by Crippen LogP contribution is 2.36. The number of anilines is 1.